The molecule has 0 aliphatic carbocycles. The number of rotatable bonds is 7. The summed E-state index contributed by atoms with van der Waals surface area (Å²) < 4.78 is 0. The molecule has 0 aromatic heterocycles. The second kappa shape index (κ2) is 8.47. The summed E-state index contributed by atoms with van der Waals surface area (Å²) in [5.74, 6) is -0.283. The van der Waals surface area contributed by atoms with Gasteiger partial charge in [-0.1, -0.05) is 30.3 Å². The summed E-state index contributed by atoms with van der Waals surface area (Å²) in [5, 5.41) is 13.7. The Bertz CT molecular complexity index is 729. The highest BCUT2D eigenvalue weighted by molar-refractivity contribution is 5.92. The van der Waals surface area contributed by atoms with Crippen LogP contribution in [0, 0.1) is 10.1 Å². The van der Waals surface area contributed by atoms with Crippen molar-refractivity contribution in [1.82, 2.24) is 5.32 Å². The fourth-order valence-electron chi connectivity index (χ4n) is 2.18. The number of amides is 1. The maximum Gasteiger partial charge on any atom is 0.276 e. The number of nitrogens with zero attached hydrogens (tertiary/aromatic N) is 2. The van der Waals surface area contributed by atoms with Gasteiger partial charge in [0.15, 0.2) is 0 Å². The minimum Gasteiger partial charge on any atom is -0.373 e. The molecule has 0 atom stereocenters. The molecular formula is C18H19N3O3. The molecule has 6 heteroatoms. The predicted molar refractivity (Wildman–Crippen MR) is 94.9 cm³/mol. The van der Waals surface area contributed by atoms with Gasteiger partial charge in [0.25, 0.3) is 5.69 Å². The molecule has 0 fully saturated rings. The lowest BCUT2D eigenvalue weighted by Crippen LogP contribution is -2.31. The third-order valence-electron chi connectivity index (χ3n) is 3.49. The standard InChI is InChI=1S/C18H19N3O3/c1-20(16-8-3-2-4-9-16)14-13-19-18(22)12-11-15-7-5-6-10-17(15)21(23)24/h2-12H,13-14H2,1H3,(H,19,22)/b12-11+. The van der Waals surface area contributed by atoms with E-state index in [0.29, 0.717) is 18.7 Å². The summed E-state index contributed by atoms with van der Waals surface area (Å²) in [4.78, 5) is 24.3. The van der Waals surface area contributed by atoms with Crippen molar-refractivity contribution in [2.45, 2.75) is 0 Å². The third kappa shape index (κ3) is 4.95. The van der Waals surface area contributed by atoms with Crippen molar-refractivity contribution in [2.75, 3.05) is 25.0 Å². The first-order valence-corrected chi connectivity index (χ1v) is 7.53. The molecule has 1 N–H and O–H groups in total. The largest absolute Gasteiger partial charge is 0.373 e. The van der Waals surface area contributed by atoms with E-state index in [9.17, 15) is 14.9 Å². The quantitative estimate of drug-likeness (QED) is 0.482. The Labute approximate surface area is 140 Å². The Kier molecular flexibility index (Phi) is 6.08. The lowest BCUT2D eigenvalue weighted by Gasteiger charge is -2.19. The van der Waals surface area contributed by atoms with E-state index in [-0.39, 0.29) is 11.6 Å². The van der Waals surface area contributed by atoms with Gasteiger partial charge >= 0.3 is 0 Å². The molecule has 0 heterocycles. The summed E-state index contributed by atoms with van der Waals surface area (Å²) in [6.45, 7) is 1.14. The first-order chi connectivity index (χ1) is 11.6. The molecule has 2 rings (SSSR count). The number of nitrogens with one attached hydrogen (secondary N) is 1. The monoisotopic (exact) mass is 325 g/mol. The van der Waals surface area contributed by atoms with E-state index in [0.717, 1.165) is 5.69 Å². The van der Waals surface area contributed by atoms with Crippen LogP contribution in [0.5, 0.6) is 0 Å². The second-order valence-corrected chi connectivity index (χ2v) is 5.20. The molecule has 124 valence electrons. The van der Waals surface area contributed by atoms with Gasteiger partial charge < -0.3 is 10.2 Å². The molecular weight excluding hydrogens is 306 g/mol. The van der Waals surface area contributed by atoms with Gasteiger partial charge in [0.05, 0.1) is 10.5 Å². The fourth-order valence-corrected chi connectivity index (χ4v) is 2.18. The molecule has 2 aromatic rings. The molecule has 0 spiro atoms. The highest BCUT2D eigenvalue weighted by atomic mass is 16.6. The number of nitro groups is 1. The summed E-state index contributed by atoms with van der Waals surface area (Å²) in [7, 11) is 1.95. The normalized spacial score (nSPS) is 10.5. The van der Waals surface area contributed by atoms with Crippen molar-refractivity contribution < 1.29 is 9.72 Å². The molecule has 0 radical (unpaired) electrons. The minimum absolute atomic E-state index is 0.0228. The number of hydrogen-bond donors (Lipinski definition) is 1. The SMILES string of the molecule is CN(CCNC(=O)/C=C/c1ccccc1[N+](=O)[O-])c1ccccc1. The molecule has 0 saturated carbocycles. The Morgan fingerprint density at radius 1 is 1.17 bits per heavy atom. The Balaban J connectivity index is 1.84. The Morgan fingerprint density at radius 2 is 1.83 bits per heavy atom. The third-order valence-corrected chi connectivity index (χ3v) is 3.49. The maximum atomic E-state index is 11.8. The average molecular weight is 325 g/mol. The molecule has 0 bridgehead atoms. The molecule has 0 unspecified atom stereocenters. The van der Waals surface area contributed by atoms with Crippen LogP contribution in [0.3, 0.4) is 0 Å². The molecule has 0 aliphatic heterocycles. The van der Waals surface area contributed by atoms with Crippen molar-refractivity contribution in [3.8, 4) is 0 Å². The van der Waals surface area contributed by atoms with Gasteiger partial charge in [-0.3, -0.25) is 14.9 Å². The number of nitro benzene ring substituents is 1. The van der Waals surface area contributed by atoms with E-state index in [1.165, 1.54) is 18.2 Å². The van der Waals surface area contributed by atoms with Crippen LogP contribution in [0.2, 0.25) is 0 Å². The highest BCUT2D eigenvalue weighted by Gasteiger charge is 2.09. The van der Waals surface area contributed by atoms with E-state index in [1.807, 2.05) is 42.3 Å². The zero-order valence-electron chi connectivity index (χ0n) is 13.4. The topological polar surface area (TPSA) is 75.5 Å². The van der Waals surface area contributed by atoms with Crippen molar-refractivity contribution >= 4 is 23.4 Å². The Morgan fingerprint density at radius 3 is 2.54 bits per heavy atom. The van der Waals surface area contributed by atoms with Gasteiger partial charge in [0.2, 0.25) is 5.91 Å². The molecule has 1 amide bonds. The molecule has 2 aromatic carbocycles. The van der Waals surface area contributed by atoms with Gasteiger partial charge in [-0.05, 0) is 24.3 Å². The van der Waals surface area contributed by atoms with Crippen LogP contribution in [-0.4, -0.2) is 31.0 Å². The smallest absolute Gasteiger partial charge is 0.276 e. The summed E-state index contributed by atoms with van der Waals surface area (Å²) in [6.07, 6.45) is 2.76. The first-order valence-electron chi connectivity index (χ1n) is 7.53. The van der Waals surface area contributed by atoms with E-state index in [1.54, 1.807) is 18.2 Å². The molecule has 6 nitrogen and oxygen atoms in total. The number of carbonyl (C=O) groups excluding carboxylic acids is 1. The number of para-hydroxylation sites is 2. The van der Waals surface area contributed by atoms with Crippen LogP contribution in [0.1, 0.15) is 5.56 Å². The van der Waals surface area contributed by atoms with Gasteiger partial charge in [0, 0.05) is 38.0 Å². The lowest BCUT2D eigenvalue weighted by atomic mass is 10.1. The minimum atomic E-state index is -0.466. The van der Waals surface area contributed by atoms with E-state index in [2.05, 4.69) is 5.32 Å². The van der Waals surface area contributed by atoms with E-state index in [4.69, 9.17) is 0 Å². The zero-order chi connectivity index (χ0) is 17.4. The van der Waals surface area contributed by atoms with E-state index < -0.39 is 4.92 Å². The second-order valence-electron chi connectivity index (χ2n) is 5.20. The van der Waals surface area contributed by atoms with Gasteiger partial charge in [0.1, 0.15) is 0 Å². The van der Waals surface area contributed by atoms with Gasteiger partial charge in [-0.25, -0.2) is 0 Å². The lowest BCUT2D eigenvalue weighted by molar-refractivity contribution is -0.385. The van der Waals surface area contributed by atoms with Crippen LogP contribution >= 0.6 is 0 Å². The van der Waals surface area contributed by atoms with Gasteiger partial charge in [-0.2, -0.15) is 0 Å². The molecule has 0 aliphatic rings. The first kappa shape index (κ1) is 17.2. The van der Waals surface area contributed by atoms with Crippen molar-refractivity contribution in [3.63, 3.8) is 0 Å². The summed E-state index contributed by atoms with van der Waals surface area (Å²) in [6, 6.07) is 16.2. The fraction of sp³-hybridized carbons (Fsp3) is 0.167. The number of hydrogen-bond acceptors (Lipinski definition) is 4. The van der Waals surface area contributed by atoms with Crippen LogP contribution in [0.25, 0.3) is 6.08 Å². The van der Waals surface area contributed by atoms with Crippen molar-refractivity contribution in [2.24, 2.45) is 0 Å². The predicted octanol–water partition coefficient (Wildman–Crippen LogP) is 2.86. The van der Waals surface area contributed by atoms with Crippen molar-refractivity contribution in [3.05, 3.63) is 76.4 Å². The highest BCUT2D eigenvalue weighted by Crippen LogP contribution is 2.18. The van der Waals surface area contributed by atoms with Gasteiger partial charge in [-0.15, -0.1) is 0 Å². The Hall–Kier alpha value is -3.15. The number of benzene rings is 2. The van der Waals surface area contributed by atoms with Crippen LogP contribution in [0.4, 0.5) is 11.4 Å². The van der Waals surface area contributed by atoms with Crippen LogP contribution in [0.15, 0.2) is 60.7 Å². The zero-order valence-corrected chi connectivity index (χ0v) is 13.4. The number of likely N-dealkylation sites (N-methyl/N-ethyl adjacent to an activating group) is 1. The van der Waals surface area contributed by atoms with Crippen LogP contribution in [-0.2, 0) is 4.79 Å². The number of carbonyl (C=O) groups is 1. The number of anilines is 1. The maximum absolute atomic E-state index is 11.8. The molecule has 0 saturated heterocycles. The van der Waals surface area contributed by atoms with E-state index >= 15 is 0 Å². The summed E-state index contributed by atoms with van der Waals surface area (Å²) >= 11 is 0. The average Bonchev–Trinajstić information content (AvgIpc) is 2.60. The van der Waals surface area contributed by atoms with Crippen LogP contribution < -0.4 is 10.2 Å². The van der Waals surface area contributed by atoms with Crippen molar-refractivity contribution in [1.29, 1.82) is 0 Å². The molecule has 24 heavy (non-hydrogen) atoms. The summed E-state index contributed by atoms with van der Waals surface area (Å²) in [5.41, 5.74) is 1.45.